The van der Waals surface area contributed by atoms with Gasteiger partial charge in [0, 0.05) is 33.3 Å². The molecule has 0 saturated carbocycles. The fourth-order valence-corrected chi connectivity index (χ4v) is 3.40. The summed E-state index contributed by atoms with van der Waals surface area (Å²) in [6, 6.07) is 3.34. The van der Waals surface area contributed by atoms with Crippen molar-refractivity contribution in [1.82, 2.24) is 14.8 Å². The van der Waals surface area contributed by atoms with Crippen LogP contribution in [0.4, 0.5) is 11.5 Å². The Kier molecular flexibility index (Phi) is 3.65. The lowest BCUT2D eigenvalue weighted by atomic mass is 10.4. The zero-order chi connectivity index (χ0) is 15.7. The maximum absolute atomic E-state index is 12.6. The Hall–Kier alpha value is -2.29. The van der Waals surface area contributed by atoms with E-state index in [0.717, 1.165) is 6.42 Å². The average Bonchev–Trinajstić information content (AvgIpc) is 2.92. The van der Waals surface area contributed by atoms with Crippen molar-refractivity contribution in [3.8, 4) is 5.88 Å². The first kappa shape index (κ1) is 14.6. The average molecular weight is 323 g/mol. The van der Waals surface area contributed by atoms with E-state index in [4.69, 9.17) is 4.74 Å². The number of hydrogen-bond acceptors (Lipinski definition) is 6. The monoisotopic (exact) mass is 323 g/mol. The first-order chi connectivity index (χ1) is 10.5. The summed E-state index contributed by atoms with van der Waals surface area (Å²) >= 11 is 0. The number of pyridine rings is 1. The number of nitrogens with one attached hydrogen (secondary N) is 1. The van der Waals surface area contributed by atoms with Gasteiger partial charge in [0.15, 0.2) is 10.7 Å². The first-order valence-electron chi connectivity index (χ1n) is 6.83. The van der Waals surface area contributed by atoms with Gasteiger partial charge in [-0.25, -0.2) is 18.1 Å². The number of sulfonamides is 1. The fourth-order valence-electron chi connectivity index (χ4n) is 2.26. The van der Waals surface area contributed by atoms with E-state index in [1.54, 1.807) is 42.0 Å². The van der Waals surface area contributed by atoms with Gasteiger partial charge in [-0.15, -0.1) is 0 Å². The number of anilines is 2. The summed E-state index contributed by atoms with van der Waals surface area (Å²) in [6.45, 7) is 1.14. The molecule has 0 spiro atoms. The quantitative estimate of drug-likeness (QED) is 0.900. The first-order valence-corrected chi connectivity index (χ1v) is 8.31. The molecule has 2 aromatic rings. The number of nitrogens with zero attached hydrogens (tertiary/aromatic N) is 4. The highest BCUT2D eigenvalue weighted by molar-refractivity contribution is 7.92. The summed E-state index contributed by atoms with van der Waals surface area (Å²) in [4.78, 5) is 5.96. The van der Waals surface area contributed by atoms with Gasteiger partial charge in [0.1, 0.15) is 0 Å². The van der Waals surface area contributed by atoms with E-state index in [0.29, 0.717) is 24.7 Å². The molecule has 0 bridgehead atoms. The van der Waals surface area contributed by atoms with Gasteiger partial charge in [0.05, 0.1) is 18.5 Å². The van der Waals surface area contributed by atoms with Crippen LogP contribution in [0.3, 0.4) is 0 Å². The number of ether oxygens (including phenoxy) is 1. The predicted molar refractivity (Wildman–Crippen MR) is 81.7 cm³/mol. The van der Waals surface area contributed by atoms with E-state index >= 15 is 0 Å². The van der Waals surface area contributed by atoms with Crippen LogP contribution in [0.5, 0.6) is 5.88 Å². The van der Waals surface area contributed by atoms with E-state index in [2.05, 4.69) is 14.8 Å². The normalized spacial score (nSPS) is 14.1. The summed E-state index contributed by atoms with van der Waals surface area (Å²) < 4.78 is 34.8. The number of aromatic nitrogens is 3. The highest BCUT2D eigenvalue weighted by Crippen LogP contribution is 2.30. The van der Waals surface area contributed by atoms with Crippen molar-refractivity contribution >= 4 is 21.5 Å². The molecule has 0 aromatic carbocycles. The van der Waals surface area contributed by atoms with Crippen molar-refractivity contribution in [2.24, 2.45) is 0 Å². The molecule has 8 nitrogen and oxygen atoms in total. The van der Waals surface area contributed by atoms with Crippen LogP contribution in [0.2, 0.25) is 0 Å². The lowest BCUT2D eigenvalue weighted by Crippen LogP contribution is -2.20. The van der Waals surface area contributed by atoms with Gasteiger partial charge in [-0.2, -0.15) is 5.10 Å². The Morgan fingerprint density at radius 3 is 3.00 bits per heavy atom. The molecule has 0 saturated heterocycles. The zero-order valence-corrected chi connectivity index (χ0v) is 13.2. The Labute approximate surface area is 128 Å². The van der Waals surface area contributed by atoms with Gasteiger partial charge in [0.25, 0.3) is 10.0 Å². The molecular formula is C13H17N5O3S. The summed E-state index contributed by atoms with van der Waals surface area (Å²) in [7, 11) is -0.199. The number of fused-ring (bicyclic) bond motifs is 1. The fraction of sp³-hybridized carbons (Fsp3) is 0.385. The molecule has 1 aliphatic rings. The second kappa shape index (κ2) is 5.48. The Morgan fingerprint density at radius 1 is 1.41 bits per heavy atom. The summed E-state index contributed by atoms with van der Waals surface area (Å²) in [5, 5.41) is 4.07. The maximum Gasteiger partial charge on any atom is 0.269 e. The van der Waals surface area contributed by atoms with Crippen LogP contribution >= 0.6 is 0 Å². The Balaban J connectivity index is 1.97. The topological polar surface area (TPSA) is 89.4 Å². The van der Waals surface area contributed by atoms with Crippen LogP contribution in [0.1, 0.15) is 6.42 Å². The van der Waals surface area contributed by atoms with E-state index < -0.39 is 10.0 Å². The van der Waals surface area contributed by atoms with Crippen LogP contribution in [-0.2, 0) is 16.6 Å². The SMILES string of the molecule is CN(C)c1ncccc1NS(=O)(=O)c1cnn2c1OCCC2. The van der Waals surface area contributed by atoms with Crippen molar-refractivity contribution in [2.45, 2.75) is 17.9 Å². The second-order valence-corrected chi connectivity index (χ2v) is 6.76. The molecular weight excluding hydrogens is 306 g/mol. The van der Waals surface area contributed by atoms with Crippen molar-refractivity contribution in [1.29, 1.82) is 0 Å². The largest absolute Gasteiger partial charge is 0.477 e. The van der Waals surface area contributed by atoms with Gasteiger partial charge in [-0.05, 0) is 12.1 Å². The van der Waals surface area contributed by atoms with E-state index in [1.165, 1.54) is 6.20 Å². The van der Waals surface area contributed by atoms with Gasteiger partial charge in [-0.1, -0.05) is 0 Å². The lowest BCUT2D eigenvalue weighted by Gasteiger charge is -2.18. The zero-order valence-electron chi connectivity index (χ0n) is 12.4. The molecule has 0 atom stereocenters. The van der Waals surface area contributed by atoms with Crippen LogP contribution in [0, 0.1) is 0 Å². The van der Waals surface area contributed by atoms with E-state index in [9.17, 15) is 8.42 Å². The molecule has 3 rings (SSSR count). The van der Waals surface area contributed by atoms with Gasteiger partial charge in [-0.3, -0.25) is 4.72 Å². The molecule has 0 fully saturated rings. The molecule has 118 valence electrons. The number of hydrogen-bond donors (Lipinski definition) is 1. The van der Waals surface area contributed by atoms with Gasteiger partial charge in [0.2, 0.25) is 5.88 Å². The second-order valence-electron chi connectivity index (χ2n) is 5.11. The summed E-state index contributed by atoms with van der Waals surface area (Å²) in [5.74, 6) is 0.821. The van der Waals surface area contributed by atoms with Crippen LogP contribution in [-0.4, -0.2) is 43.9 Å². The molecule has 9 heteroatoms. The molecule has 0 amide bonds. The van der Waals surface area contributed by atoms with Crippen LogP contribution in [0.25, 0.3) is 0 Å². The molecule has 3 heterocycles. The van der Waals surface area contributed by atoms with E-state index in [1.807, 2.05) is 0 Å². The third-order valence-electron chi connectivity index (χ3n) is 3.26. The molecule has 2 aromatic heterocycles. The van der Waals surface area contributed by atoms with Crippen LogP contribution in [0.15, 0.2) is 29.4 Å². The minimum absolute atomic E-state index is 0.0424. The molecule has 0 unspecified atom stereocenters. The Bertz CT molecular complexity index is 785. The minimum atomic E-state index is -3.79. The molecule has 22 heavy (non-hydrogen) atoms. The number of rotatable bonds is 4. The predicted octanol–water partition coefficient (Wildman–Crippen LogP) is 0.927. The van der Waals surface area contributed by atoms with Crippen molar-refractivity contribution < 1.29 is 13.2 Å². The summed E-state index contributed by atoms with van der Waals surface area (Å²) in [5.41, 5.74) is 0.406. The standard InChI is InChI=1S/C13H17N5O3S/c1-17(2)12-10(5-3-6-14-12)16-22(19,20)11-9-15-18-7-4-8-21-13(11)18/h3,5-6,9,16H,4,7-8H2,1-2H3. The van der Waals surface area contributed by atoms with Gasteiger partial charge >= 0.3 is 0 Å². The highest BCUT2D eigenvalue weighted by atomic mass is 32.2. The summed E-state index contributed by atoms with van der Waals surface area (Å²) in [6.07, 6.45) is 3.74. The molecule has 1 aliphatic heterocycles. The molecule has 0 radical (unpaired) electrons. The number of aryl methyl sites for hydroxylation is 1. The Morgan fingerprint density at radius 2 is 2.23 bits per heavy atom. The minimum Gasteiger partial charge on any atom is -0.477 e. The lowest BCUT2D eigenvalue weighted by molar-refractivity contribution is 0.224. The highest BCUT2D eigenvalue weighted by Gasteiger charge is 2.27. The van der Waals surface area contributed by atoms with E-state index in [-0.39, 0.29) is 10.8 Å². The van der Waals surface area contributed by atoms with Crippen molar-refractivity contribution in [3.63, 3.8) is 0 Å². The van der Waals surface area contributed by atoms with Crippen LogP contribution < -0.4 is 14.4 Å². The van der Waals surface area contributed by atoms with Crippen molar-refractivity contribution in [3.05, 3.63) is 24.5 Å². The molecule has 1 N–H and O–H groups in total. The maximum atomic E-state index is 12.6. The van der Waals surface area contributed by atoms with Crippen molar-refractivity contribution in [2.75, 3.05) is 30.3 Å². The smallest absolute Gasteiger partial charge is 0.269 e. The third kappa shape index (κ3) is 2.59. The molecule has 0 aliphatic carbocycles. The third-order valence-corrected chi connectivity index (χ3v) is 4.60. The van der Waals surface area contributed by atoms with Gasteiger partial charge < -0.3 is 9.64 Å².